The van der Waals surface area contributed by atoms with E-state index < -0.39 is 0 Å². The number of fused-ring (bicyclic) bond motifs is 1. The first-order valence-corrected chi connectivity index (χ1v) is 7.55. The van der Waals surface area contributed by atoms with Gasteiger partial charge in [0, 0.05) is 36.9 Å². The maximum atomic E-state index is 5.76. The highest BCUT2D eigenvalue weighted by atomic mass is 16.5. The van der Waals surface area contributed by atoms with Gasteiger partial charge in [-0.15, -0.1) is 0 Å². The van der Waals surface area contributed by atoms with Gasteiger partial charge in [0.05, 0.1) is 6.10 Å². The number of hydrogen-bond acceptors (Lipinski definition) is 2. The first-order valence-electron chi connectivity index (χ1n) is 7.55. The van der Waals surface area contributed by atoms with Crippen LogP contribution >= 0.6 is 0 Å². The smallest absolute Gasteiger partial charge is 0.120 e. The van der Waals surface area contributed by atoms with Crippen molar-refractivity contribution < 1.29 is 9.47 Å². The molecule has 108 valence electrons. The molecule has 0 radical (unpaired) electrons. The van der Waals surface area contributed by atoms with Crippen LogP contribution in [0.2, 0.25) is 0 Å². The Hall–Kier alpha value is -1.48. The second kappa shape index (κ2) is 5.88. The molecule has 2 aromatic rings. The lowest BCUT2D eigenvalue weighted by atomic mass is 10.0. The van der Waals surface area contributed by atoms with Crippen LogP contribution in [-0.4, -0.2) is 23.9 Å². The third kappa shape index (κ3) is 2.98. The van der Waals surface area contributed by atoms with Crippen LogP contribution in [0.3, 0.4) is 0 Å². The lowest BCUT2D eigenvalue weighted by Crippen LogP contribution is -2.20. The molecule has 3 nitrogen and oxygen atoms in total. The van der Waals surface area contributed by atoms with Gasteiger partial charge in [0.15, 0.2) is 0 Å². The third-order valence-corrected chi connectivity index (χ3v) is 3.91. The molecule has 3 heteroatoms. The highest BCUT2D eigenvalue weighted by Crippen LogP contribution is 2.25. The van der Waals surface area contributed by atoms with Crippen LogP contribution in [-0.2, 0) is 11.3 Å². The van der Waals surface area contributed by atoms with Crippen LogP contribution in [0.5, 0.6) is 5.75 Å². The minimum Gasteiger partial charge on any atom is -0.491 e. The maximum Gasteiger partial charge on any atom is 0.120 e. The molecule has 0 saturated carbocycles. The van der Waals surface area contributed by atoms with E-state index in [0.717, 1.165) is 31.4 Å². The lowest BCUT2D eigenvalue weighted by molar-refractivity contribution is 0.0616. The van der Waals surface area contributed by atoms with Gasteiger partial charge in [-0.25, -0.2) is 0 Å². The molecular weight excluding hydrogens is 250 g/mol. The Morgan fingerprint density at radius 3 is 2.80 bits per heavy atom. The van der Waals surface area contributed by atoms with Crippen molar-refractivity contribution >= 4 is 10.9 Å². The minimum absolute atomic E-state index is 0.219. The zero-order valence-electron chi connectivity index (χ0n) is 12.3. The Morgan fingerprint density at radius 1 is 1.25 bits per heavy atom. The molecule has 0 atom stereocenters. The van der Waals surface area contributed by atoms with Crippen molar-refractivity contribution in [3.63, 3.8) is 0 Å². The summed E-state index contributed by atoms with van der Waals surface area (Å²) in [5, 5.41) is 1.26. The molecule has 0 amide bonds. The molecule has 1 aromatic heterocycles. The lowest BCUT2D eigenvalue weighted by Gasteiger charge is -2.22. The first kappa shape index (κ1) is 13.5. The van der Waals surface area contributed by atoms with Crippen LogP contribution in [0.1, 0.15) is 26.7 Å². The molecule has 1 aliphatic rings. The standard InChI is InChI=1S/C17H23NO2/c1-13(2)20-16-3-4-17-15(11-16)5-8-18(17)12-14-6-9-19-10-7-14/h3-5,8,11,13-14H,6-7,9-10,12H2,1-2H3. The van der Waals surface area contributed by atoms with E-state index in [1.165, 1.54) is 23.7 Å². The van der Waals surface area contributed by atoms with Gasteiger partial charge in [0.2, 0.25) is 0 Å². The molecule has 0 N–H and O–H groups in total. The van der Waals surface area contributed by atoms with Gasteiger partial charge >= 0.3 is 0 Å². The molecular formula is C17H23NO2. The van der Waals surface area contributed by atoms with E-state index in [-0.39, 0.29) is 6.10 Å². The van der Waals surface area contributed by atoms with E-state index in [0.29, 0.717) is 0 Å². The zero-order valence-corrected chi connectivity index (χ0v) is 12.3. The Kier molecular flexibility index (Phi) is 3.97. The average Bonchev–Trinajstić information content (AvgIpc) is 2.82. The maximum absolute atomic E-state index is 5.76. The average molecular weight is 273 g/mol. The summed E-state index contributed by atoms with van der Waals surface area (Å²) >= 11 is 0. The van der Waals surface area contributed by atoms with Crippen LogP contribution in [0.25, 0.3) is 10.9 Å². The largest absolute Gasteiger partial charge is 0.491 e. The second-order valence-corrected chi connectivity index (χ2v) is 5.91. The number of benzene rings is 1. The SMILES string of the molecule is CC(C)Oc1ccc2c(ccn2CC2CCOCC2)c1. The predicted octanol–water partition coefficient (Wildman–Crippen LogP) is 3.86. The fourth-order valence-electron chi connectivity index (χ4n) is 2.89. The summed E-state index contributed by atoms with van der Waals surface area (Å²) in [6.45, 7) is 7.03. The quantitative estimate of drug-likeness (QED) is 0.844. The summed E-state index contributed by atoms with van der Waals surface area (Å²) in [4.78, 5) is 0. The Morgan fingerprint density at radius 2 is 2.05 bits per heavy atom. The van der Waals surface area contributed by atoms with Crippen molar-refractivity contribution in [1.29, 1.82) is 0 Å². The van der Waals surface area contributed by atoms with Crippen LogP contribution in [0, 0.1) is 5.92 Å². The molecule has 1 fully saturated rings. The molecule has 0 aliphatic carbocycles. The molecule has 0 unspecified atom stereocenters. The molecule has 0 spiro atoms. The molecule has 3 rings (SSSR count). The van der Waals surface area contributed by atoms with Crippen LogP contribution < -0.4 is 4.74 Å². The van der Waals surface area contributed by atoms with Crippen molar-refractivity contribution in [2.45, 2.75) is 39.3 Å². The van der Waals surface area contributed by atoms with Gasteiger partial charge in [-0.2, -0.15) is 0 Å². The zero-order chi connectivity index (χ0) is 13.9. The van der Waals surface area contributed by atoms with E-state index in [1.807, 2.05) is 0 Å². The summed E-state index contributed by atoms with van der Waals surface area (Å²) in [6, 6.07) is 8.56. The number of aromatic nitrogens is 1. The number of nitrogens with zero attached hydrogens (tertiary/aromatic N) is 1. The summed E-state index contributed by atoms with van der Waals surface area (Å²) < 4.78 is 13.6. The minimum atomic E-state index is 0.219. The topological polar surface area (TPSA) is 23.4 Å². The summed E-state index contributed by atoms with van der Waals surface area (Å²) in [7, 11) is 0. The van der Waals surface area contributed by atoms with Crippen molar-refractivity contribution in [3.05, 3.63) is 30.5 Å². The number of hydrogen-bond donors (Lipinski definition) is 0. The van der Waals surface area contributed by atoms with E-state index in [4.69, 9.17) is 9.47 Å². The molecule has 20 heavy (non-hydrogen) atoms. The molecule has 1 saturated heterocycles. The fraction of sp³-hybridized carbons (Fsp3) is 0.529. The third-order valence-electron chi connectivity index (χ3n) is 3.91. The van der Waals surface area contributed by atoms with E-state index >= 15 is 0 Å². The summed E-state index contributed by atoms with van der Waals surface area (Å²) in [6.07, 6.45) is 4.76. The number of ether oxygens (including phenoxy) is 2. The molecule has 2 heterocycles. The molecule has 1 aliphatic heterocycles. The van der Waals surface area contributed by atoms with Gasteiger partial charge in [-0.1, -0.05) is 0 Å². The summed E-state index contributed by atoms with van der Waals surface area (Å²) in [5.41, 5.74) is 1.30. The van der Waals surface area contributed by atoms with Crippen molar-refractivity contribution in [1.82, 2.24) is 4.57 Å². The Balaban J connectivity index is 1.78. The van der Waals surface area contributed by atoms with Gasteiger partial charge < -0.3 is 14.0 Å². The normalized spacial score (nSPS) is 16.9. The fourth-order valence-corrected chi connectivity index (χ4v) is 2.89. The number of rotatable bonds is 4. The first-order chi connectivity index (χ1) is 9.72. The highest BCUT2D eigenvalue weighted by molar-refractivity contribution is 5.81. The van der Waals surface area contributed by atoms with Gasteiger partial charge in [-0.3, -0.25) is 0 Å². The Bertz CT molecular complexity index is 567. The van der Waals surface area contributed by atoms with Crippen molar-refractivity contribution in [2.75, 3.05) is 13.2 Å². The summed E-state index contributed by atoms with van der Waals surface area (Å²) in [5.74, 6) is 1.70. The molecule has 0 bridgehead atoms. The Labute approximate surface area is 120 Å². The van der Waals surface area contributed by atoms with Crippen LogP contribution in [0.4, 0.5) is 0 Å². The van der Waals surface area contributed by atoms with Crippen LogP contribution in [0.15, 0.2) is 30.5 Å². The van der Waals surface area contributed by atoms with Gasteiger partial charge in [-0.05, 0) is 56.9 Å². The van der Waals surface area contributed by atoms with Gasteiger partial charge in [0.25, 0.3) is 0 Å². The molecule has 1 aromatic carbocycles. The van der Waals surface area contributed by atoms with Crippen molar-refractivity contribution in [3.8, 4) is 5.75 Å². The van der Waals surface area contributed by atoms with E-state index in [9.17, 15) is 0 Å². The van der Waals surface area contributed by atoms with E-state index in [2.05, 4.69) is 48.9 Å². The monoisotopic (exact) mass is 273 g/mol. The highest BCUT2D eigenvalue weighted by Gasteiger charge is 2.15. The van der Waals surface area contributed by atoms with E-state index in [1.54, 1.807) is 0 Å². The second-order valence-electron chi connectivity index (χ2n) is 5.91. The van der Waals surface area contributed by atoms with Crippen molar-refractivity contribution in [2.24, 2.45) is 5.92 Å². The predicted molar refractivity (Wildman–Crippen MR) is 81.2 cm³/mol. The van der Waals surface area contributed by atoms with Gasteiger partial charge in [0.1, 0.15) is 5.75 Å².